The van der Waals surface area contributed by atoms with Gasteiger partial charge in [-0.2, -0.15) is 0 Å². The van der Waals surface area contributed by atoms with E-state index in [4.69, 9.17) is 9.47 Å². The van der Waals surface area contributed by atoms with Gasteiger partial charge in [-0.3, -0.25) is 14.4 Å². The summed E-state index contributed by atoms with van der Waals surface area (Å²) in [6.45, 7) is 13.3. The zero-order chi connectivity index (χ0) is 41.3. The highest BCUT2D eigenvalue weighted by Gasteiger charge is 2.41. The van der Waals surface area contributed by atoms with E-state index in [1.165, 1.54) is 14.7 Å². The van der Waals surface area contributed by atoms with Crippen molar-refractivity contribution in [2.45, 2.75) is 98.0 Å². The number of carbonyl (C=O) groups is 5. The van der Waals surface area contributed by atoms with Gasteiger partial charge >= 0.3 is 12.1 Å². The van der Waals surface area contributed by atoms with Crippen LogP contribution in [0.2, 0.25) is 0 Å². The van der Waals surface area contributed by atoms with Gasteiger partial charge in [-0.05, 0) is 65.3 Å². The van der Waals surface area contributed by atoms with Crippen molar-refractivity contribution in [2.24, 2.45) is 17.8 Å². The Morgan fingerprint density at radius 2 is 1.07 bits per heavy atom. The lowest BCUT2D eigenvalue weighted by Gasteiger charge is -2.39. The summed E-state index contributed by atoms with van der Waals surface area (Å²) in [5, 5.41) is 2.66. The molecule has 0 aliphatic heterocycles. The van der Waals surface area contributed by atoms with Crippen LogP contribution in [0.4, 0.5) is 4.79 Å². The van der Waals surface area contributed by atoms with Gasteiger partial charge in [-0.15, -0.1) is 0 Å². The summed E-state index contributed by atoms with van der Waals surface area (Å²) < 4.78 is 11.3. The zero-order valence-electron chi connectivity index (χ0n) is 34.7. The SMILES string of the molecule is CC(C)C[C@@H](C(=O)N(C)[C@@H](CC(C)C)C(=O)N(C)[C@H](C(=O)OCc1ccccc1)C(C)C)N(C)C(=O)[C@@H](C)NC(=O)OCC1c2ccccc2-c2ccccc21. The van der Waals surface area contributed by atoms with Gasteiger partial charge in [-0.25, -0.2) is 9.59 Å². The molecule has 1 aliphatic carbocycles. The predicted molar refractivity (Wildman–Crippen MR) is 217 cm³/mol. The molecule has 0 saturated heterocycles. The standard InChI is InChI=1S/C45H60N4O7/c1-28(2)24-38(47(8)41(50)31(7)46-45(54)56-27-37-35-22-16-14-20-33(35)34-21-15-17-23-36(34)37)42(51)48(9)39(25-29(3)4)43(52)49(10)40(30(5)6)44(53)55-26-32-18-12-11-13-19-32/h11-23,28-31,37-40H,24-27H2,1-10H3,(H,46,54)/t31-,38+,39+,40+/m1/s1. The summed E-state index contributed by atoms with van der Waals surface area (Å²) in [5.41, 5.74) is 5.20. The number of ether oxygens (including phenoxy) is 2. The number of carbonyl (C=O) groups excluding carboxylic acids is 5. The van der Waals surface area contributed by atoms with E-state index >= 15 is 0 Å². The molecule has 0 saturated carbocycles. The van der Waals surface area contributed by atoms with Gasteiger partial charge in [0.15, 0.2) is 0 Å². The molecule has 0 bridgehead atoms. The van der Waals surface area contributed by atoms with Crippen LogP contribution in [0.5, 0.6) is 0 Å². The van der Waals surface area contributed by atoms with E-state index < -0.39 is 54.0 Å². The smallest absolute Gasteiger partial charge is 0.407 e. The van der Waals surface area contributed by atoms with E-state index in [0.29, 0.717) is 12.8 Å². The fourth-order valence-electron chi connectivity index (χ4n) is 7.53. The van der Waals surface area contributed by atoms with Crippen LogP contribution in [0.25, 0.3) is 11.1 Å². The Morgan fingerprint density at radius 3 is 1.57 bits per heavy atom. The van der Waals surface area contributed by atoms with E-state index in [1.54, 1.807) is 28.1 Å². The zero-order valence-corrected chi connectivity index (χ0v) is 34.7. The number of nitrogens with one attached hydrogen (secondary N) is 1. The maximum atomic E-state index is 14.4. The minimum absolute atomic E-state index is 0.0182. The molecule has 0 aromatic heterocycles. The average molecular weight is 769 g/mol. The quantitative estimate of drug-likeness (QED) is 0.148. The Labute approximate surface area is 332 Å². The minimum atomic E-state index is -1.00. The molecule has 0 spiro atoms. The summed E-state index contributed by atoms with van der Waals surface area (Å²) in [5.74, 6) is -2.18. The van der Waals surface area contributed by atoms with Crippen molar-refractivity contribution >= 4 is 29.8 Å². The maximum absolute atomic E-state index is 14.4. The Hall–Kier alpha value is -5.19. The van der Waals surface area contributed by atoms with Gasteiger partial charge in [0.05, 0.1) is 0 Å². The third-order valence-electron chi connectivity index (χ3n) is 10.5. The highest BCUT2D eigenvalue weighted by atomic mass is 16.5. The molecule has 11 nitrogen and oxygen atoms in total. The number of hydrogen-bond acceptors (Lipinski definition) is 7. The first-order valence-corrected chi connectivity index (χ1v) is 19.6. The fourth-order valence-corrected chi connectivity index (χ4v) is 7.53. The number of alkyl carbamates (subject to hydrolysis) is 1. The van der Waals surface area contributed by atoms with E-state index in [-0.39, 0.29) is 36.9 Å². The van der Waals surface area contributed by atoms with E-state index in [2.05, 4.69) is 17.4 Å². The van der Waals surface area contributed by atoms with Crippen molar-refractivity contribution in [3.05, 3.63) is 95.6 Å². The van der Waals surface area contributed by atoms with Crippen LogP contribution in [-0.4, -0.2) is 96.4 Å². The Balaban J connectivity index is 1.45. The van der Waals surface area contributed by atoms with Crippen LogP contribution in [0.3, 0.4) is 0 Å². The molecule has 11 heteroatoms. The van der Waals surface area contributed by atoms with Crippen molar-refractivity contribution in [1.29, 1.82) is 0 Å². The number of fused-ring (bicyclic) bond motifs is 3. The molecule has 0 radical (unpaired) electrons. The molecule has 1 N–H and O–H groups in total. The van der Waals surface area contributed by atoms with E-state index in [0.717, 1.165) is 27.8 Å². The number of nitrogens with zero attached hydrogens (tertiary/aromatic N) is 3. The Kier molecular flexibility index (Phi) is 15.2. The number of esters is 1. The summed E-state index contributed by atoms with van der Waals surface area (Å²) in [6.07, 6.45) is -0.0825. The van der Waals surface area contributed by atoms with Gasteiger partial charge in [0.1, 0.15) is 37.4 Å². The molecule has 4 amide bonds. The minimum Gasteiger partial charge on any atom is -0.459 e. The molecule has 302 valence electrons. The second kappa shape index (κ2) is 19.6. The van der Waals surface area contributed by atoms with Crippen molar-refractivity contribution in [1.82, 2.24) is 20.0 Å². The third kappa shape index (κ3) is 10.6. The molecule has 3 aromatic carbocycles. The second-order valence-corrected chi connectivity index (χ2v) is 16.1. The number of benzene rings is 3. The van der Waals surface area contributed by atoms with Crippen LogP contribution >= 0.6 is 0 Å². The number of amides is 4. The predicted octanol–water partition coefficient (Wildman–Crippen LogP) is 6.89. The van der Waals surface area contributed by atoms with Gasteiger partial charge in [0.2, 0.25) is 17.7 Å². The highest BCUT2D eigenvalue weighted by molar-refractivity contribution is 5.94. The number of hydrogen-bond donors (Lipinski definition) is 1. The molecule has 1 aliphatic rings. The lowest BCUT2D eigenvalue weighted by molar-refractivity contribution is -0.160. The lowest BCUT2D eigenvalue weighted by atomic mass is 9.96. The molecule has 0 heterocycles. The molecule has 56 heavy (non-hydrogen) atoms. The highest BCUT2D eigenvalue weighted by Crippen LogP contribution is 2.44. The van der Waals surface area contributed by atoms with E-state index in [1.807, 2.05) is 108 Å². The monoisotopic (exact) mass is 768 g/mol. The molecule has 0 unspecified atom stereocenters. The van der Waals surface area contributed by atoms with Crippen molar-refractivity contribution in [2.75, 3.05) is 27.7 Å². The Bertz CT molecular complexity index is 1780. The van der Waals surface area contributed by atoms with Crippen LogP contribution < -0.4 is 5.32 Å². The molecular weight excluding hydrogens is 709 g/mol. The largest absolute Gasteiger partial charge is 0.459 e. The van der Waals surface area contributed by atoms with Crippen molar-refractivity contribution in [3.8, 4) is 11.1 Å². The topological polar surface area (TPSA) is 126 Å². The van der Waals surface area contributed by atoms with E-state index in [9.17, 15) is 24.0 Å². The summed E-state index contributed by atoms with van der Waals surface area (Å²) in [7, 11) is 4.68. The second-order valence-electron chi connectivity index (χ2n) is 16.1. The molecule has 4 rings (SSSR count). The van der Waals surface area contributed by atoms with Crippen molar-refractivity contribution in [3.63, 3.8) is 0 Å². The Morgan fingerprint density at radius 1 is 0.607 bits per heavy atom. The number of rotatable bonds is 17. The van der Waals surface area contributed by atoms with Crippen LogP contribution in [-0.2, 0) is 35.3 Å². The van der Waals surface area contributed by atoms with Crippen LogP contribution in [0.1, 0.15) is 83.9 Å². The molecule has 3 aromatic rings. The van der Waals surface area contributed by atoms with Gasteiger partial charge in [0, 0.05) is 27.1 Å². The normalized spacial score (nSPS) is 14.3. The lowest BCUT2D eigenvalue weighted by Crippen LogP contribution is -2.59. The summed E-state index contributed by atoms with van der Waals surface area (Å²) in [4.78, 5) is 73.3. The first-order chi connectivity index (χ1) is 26.5. The van der Waals surface area contributed by atoms with Gasteiger partial charge in [-0.1, -0.05) is 120 Å². The third-order valence-corrected chi connectivity index (χ3v) is 10.5. The van der Waals surface area contributed by atoms with Crippen LogP contribution in [0.15, 0.2) is 78.9 Å². The maximum Gasteiger partial charge on any atom is 0.407 e. The molecule has 4 atom stereocenters. The van der Waals surface area contributed by atoms with Crippen molar-refractivity contribution < 1.29 is 33.4 Å². The summed E-state index contributed by atoms with van der Waals surface area (Å²) in [6, 6.07) is 21.7. The van der Waals surface area contributed by atoms with Crippen LogP contribution in [0, 0.1) is 17.8 Å². The molecular formula is C45H60N4O7. The fraction of sp³-hybridized carbons (Fsp3) is 0.489. The molecule has 0 fully saturated rings. The average Bonchev–Trinajstić information content (AvgIpc) is 3.49. The van der Waals surface area contributed by atoms with Gasteiger partial charge in [0.25, 0.3) is 0 Å². The first-order valence-electron chi connectivity index (χ1n) is 19.6. The van der Waals surface area contributed by atoms with Gasteiger partial charge < -0.3 is 29.5 Å². The number of likely N-dealkylation sites (N-methyl/N-ethyl adjacent to an activating group) is 3. The summed E-state index contributed by atoms with van der Waals surface area (Å²) >= 11 is 0. The first kappa shape index (κ1) is 43.5.